The van der Waals surface area contributed by atoms with Crippen molar-refractivity contribution in [3.05, 3.63) is 29.8 Å². The second kappa shape index (κ2) is 12.5. The van der Waals surface area contributed by atoms with Crippen molar-refractivity contribution < 1.29 is 9.47 Å². The number of nitrogens with one attached hydrogen (secondary N) is 2. The molecule has 1 aromatic rings. The fourth-order valence-electron chi connectivity index (χ4n) is 1.77. The zero-order valence-electron chi connectivity index (χ0n) is 13.9. The number of guanidine groups is 1. The smallest absolute Gasteiger partial charge is 0.191 e. The van der Waals surface area contributed by atoms with E-state index < -0.39 is 0 Å². The lowest BCUT2D eigenvalue weighted by molar-refractivity contribution is 0.123. The number of benzene rings is 1. The molecule has 1 aromatic carbocycles. The van der Waals surface area contributed by atoms with E-state index in [9.17, 15) is 0 Å². The van der Waals surface area contributed by atoms with Gasteiger partial charge in [-0.05, 0) is 12.0 Å². The Kier molecular flexibility index (Phi) is 11.9. The minimum atomic E-state index is 0. The fourth-order valence-corrected chi connectivity index (χ4v) is 1.77. The van der Waals surface area contributed by atoms with Gasteiger partial charge in [0.15, 0.2) is 5.96 Å². The van der Waals surface area contributed by atoms with E-state index in [2.05, 4.69) is 29.5 Å². The third kappa shape index (κ3) is 8.43. The van der Waals surface area contributed by atoms with Gasteiger partial charge in [-0.3, -0.25) is 4.99 Å². The van der Waals surface area contributed by atoms with Gasteiger partial charge in [0.05, 0.1) is 20.3 Å². The largest absolute Gasteiger partial charge is 0.496 e. The minimum absolute atomic E-state index is 0. The molecule has 0 unspecified atom stereocenters. The summed E-state index contributed by atoms with van der Waals surface area (Å²) in [5, 5.41) is 6.48. The van der Waals surface area contributed by atoms with Gasteiger partial charge in [-0.2, -0.15) is 0 Å². The minimum Gasteiger partial charge on any atom is -0.496 e. The van der Waals surface area contributed by atoms with Gasteiger partial charge >= 0.3 is 0 Å². The van der Waals surface area contributed by atoms with Crippen molar-refractivity contribution in [1.29, 1.82) is 0 Å². The first-order valence-corrected chi connectivity index (χ1v) is 7.31. The van der Waals surface area contributed by atoms with E-state index in [4.69, 9.17) is 9.47 Å². The maximum absolute atomic E-state index is 5.66. The number of hydrogen-bond donors (Lipinski definition) is 2. The number of para-hydroxylation sites is 1. The lowest BCUT2D eigenvalue weighted by Crippen LogP contribution is -2.40. The Bertz CT molecular complexity index is 439. The van der Waals surface area contributed by atoms with Crippen molar-refractivity contribution in [3.63, 3.8) is 0 Å². The van der Waals surface area contributed by atoms with Gasteiger partial charge in [0, 0.05) is 25.7 Å². The highest BCUT2D eigenvalue weighted by Gasteiger charge is 2.02. The van der Waals surface area contributed by atoms with Gasteiger partial charge in [0.25, 0.3) is 0 Å². The molecule has 0 spiro atoms. The highest BCUT2D eigenvalue weighted by Crippen LogP contribution is 2.17. The van der Waals surface area contributed by atoms with Crippen LogP contribution in [0.4, 0.5) is 0 Å². The van der Waals surface area contributed by atoms with E-state index in [0.717, 1.165) is 23.8 Å². The summed E-state index contributed by atoms with van der Waals surface area (Å²) in [4.78, 5) is 4.16. The van der Waals surface area contributed by atoms with Crippen LogP contribution in [0.15, 0.2) is 29.3 Å². The molecule has 0 saturated heterocycles. The SMILES string of the molecule is CN=C(NCCOCc1ccccc1OC)NCC(C)C.I. The molecule has 0 aliphatic heterocycles. The van der Waals surface area contributed by atoms with Crippen LogP contribution >= 0.6 is 24.0 Å². The van der Waals surface area contributed by atoms with Crippen LogP contribution in [0.1, 0.15) is 19.4 Å². The molecule has 0 atom stereocenters. The first-order valence-electron chi connectivity index (χ1n) is 7.31. The molecule has 0 fully saturated rings. The molecule has 0 amide bonds. The third-order valence-electron chi connectivity index (χ3n) is 2.89. The van der Waals surface area contributed by atoms with Gasteiger partial charge in [-0.1, -0.05) is 32.0 Å². The van der Waals surface area contributed by atoms with Crippen LogP contribution in [0.5, 0.6) is 5.75 Å². The van der Waals surface area contributed by atoms with Gasteiger partial charge in [0.1, 0.15) is 5.75 Å². The molecule has 22 heavy (non-hydrogen) atoms. The molecule has 1 rings (SSSR count). The van der Waals surface area contributed by atoms with Crippen LogP contribution in [-0.4, -0.2) is 39.8 Å². The van der Waals surface area contributed by atoms with Crippen molar-refractivity contribution in [3.8, 4) is 5.75 Å². The van der Waals surface area contributed by atoms with E-state index in [0.29, 0.717) is 25.7 Å². The van der Waals surface area contributed by atoms with E-state index in [1.807, 2.05) is 24.3 Å². The van der Waals surface area contributed by atoms with Crippen molar-refractivity contribution in [1.82, 2.24) is 10.6 Å². The summed E-state index contributed by atoms with van der Waals surface area (Å²) >= 11 is 0. The number of aliphatic imine (C=N–C) groups is 1. The Balaban J connectivity index is 0.00000441. The number of rotatable bonds is 8. The molecule has 0 heterocycles. The van der Waals surface area contributed by atoms with E-state index in [-0.39, 0.29) is 24.0 Å². The summed E-state index contributed by atoms with van der Waals surface area (Å²) in [6.45, 7) is 7.10. The van der Waals surface area contributed by atoms with Crippen LogP contribution in [0, 0.1) is 5.92 Å². The Hall–Kier alpha value is -1.02. The molecule has 0 aromatic heterocycles. The van der Waals surface area contributed by atoms with E-state index in [1.54, 1.807) is 14.2 Å². The maximum Gasteiger partial charge on any atom is 0.191 e. The Morgan fingerprint density at radius 3 is 2.59 bits per heavy atom. The van der Waals surface area contributed by atoms with Crippen molar-refractivity contribution >= 4 is 29.9 Å². The zero-order valence-corrected chi connectivity index (χ0v) is 16.2. The van der Waals surface area contributed by atoms with Crippen LogP contribution in [0.25, 0.3) is 0 Å². The Labute approximate surface area is 150 Å². The van der Waals surface area contributed by atoms with Crippen molar-refractivity contribution in [2.24, 2.45) is 10.9 Å². The molecular formula is C16H28IN3O2. The normalized spacial score (nSPS) is 11.0. The summed E-state index contributed by atoms with van der Waals surface area (Å²) in [6, 6.07) is 7.88. The highest BCUT2D eigenvalue weighted by molar-refractivity contribution is 14.0. The predicted molar refractivity (Wildman–Crippen MR) is 102 cm³/mol. The molecule has 0 bridgehead atoms. The lowest BCUT2D eigenvalue weighted by Gasteiger charge is -2.14. The molecule has 5 nitrogen and oxygen atoms in total. The Morgan fingerprint density at radius 1 is 1.23 bits per heavy atom. The summed E-state index contributed by atoms with van der Waals surface area (Å²) in [6.07, 6.45) is 0. The number of nitrogens with zero attached hydrogens (tertiary/aromatic N) is 1. The summed E-state index contributed by atoms with van der Waals surface area (Å²) in [5.41, 5.74) is 1.06. The van der Waals surface area contributed by atoms with Crippen LogP contribution in [0.2, 0.25) is 0 Å². The van der Waals surface area contributed by atoms with Crippen LogP contribution < -0.4 is 15.4 Å². The number of halogens is 1. The molecular weight excluding hydrogens is 393 g/mol. The summed E-state index contributed by atoms with van der Waals surface area (Å²) < 4.78 is 10.9. The topological polar surface area (TPSA) is 54.9 Å². The molecule has 0 saturated carbocycles. The molecule has 0 radical (unpaired) electrons. The lowest BCUT2D eigenvalue weighted by atomic mass is 10.2. The van der Waals surface area contributed by atoms with Gasteiger partial charge < -0.3 is 20.1 Å². The highest BCUT2D eigenvalue weighted by atomic mass is 127. The molecule has 2 N–H and O–H groups in total. The fraction of sp³-hybridized carbons (Fsp3) is 0.562. The first-order chi connectivity index (χ1) is 10.2. The average Bonchev–Trinajstić information content (AvgIpc) is 2.50. The van der Waals surface area contributed by atoms with Crippen molar-refractivity contribution in [2.45, 2.75) is 20.5 Å². The van der Waals surface area contributed by atoms with Gasteiger partial charge in [-0.25, -0.2) is 0 Å². The number of methoxy groups -OCH3 is 1. The van der Waals surface area contributed by atoms with Gasteiger partial charge in [-0.15, -0.1) is 24.0 Å². The quantitative estimate of drug-likeness (QED) is 0.293. The molecule has 6 heteroatoms. The summed E-state index contributed by atoms with van der Waals surface area (Å²) in [7, 11) is 3.44. The van der Waals surface area contributed by atoms with Crippen molar-refractivity contribution in [2.75, 3.05) is 33.9 Å². The number of ether oxygens (including phenoxy) is 2. The zero-order chi connectivity index (χ0) is 15.5. The van der Waals surface area contributed by atoms with E-state index >= 15 is 0 Å². The van der Waals surface area contributed by atoms with Crippen LogP contribution in [-0.2, 0) is 11.3 Å². The second-order valence-corrected chi connectivity index (χ2v) is 5.14. The molecule has 0 aliphatic carbocycles. The molecule has 126 valence electrons. The van der Waals surface area contributed by atoms with Gasteiger partial charge in [0.2, 0.25) is 0 Å². The third-order valence-corrected chi connectivity index (χ3v) is 2.89. The maximum atomic E-state index is 5.66. The predicted octanol–water partition coefficient (Wildman–Crippen LogP) is 2.65. The Morgan fingerprint density at radius 2 is 1.95 bits per heavy atom. The van der Waals surface area contributed by atoms with E-state index in [1.165, 1.54) is 0 Å². The standard InChI is InChI=1S/C16H27N3O2.HI/c1-13(2)11-19-16(17-3)18-9-10-21-12-14-7-5-6-8-15(14)20-4;/h5-8,13H,9-12H2,1-4H3,(H2,17,18,19);1H. The first kappa shape index (κ1) is 21.0. The second-order valence-electron chi connectivity index (χ2n) is 5.14. The van der Waals surface area contributed by atoms with Crippen LogP contribution in [0.3, 0.4) is 0 Å². The molecule has 0 aliphatic rings. The average molecular weight is 421 g/mol. The monoisotopic (exact) mass is 421 g/mol. The summed E-state index contributed by atoms with van der Waals surface area (Å²) in [5.74, 6) is 2.26. The number of hydrogen-bond acceptors (Lipinski definition) is 3.